The molecule has 6 aliphatic rings. The van der Waals surface area contributed by atoms with Gasteiger partial charge in [0.05, 0.1) is 12.7 Å². The predicted molar refractivity (Wildman–Crippen MR) is 129 cm³/mol. The first-order chi connectivity index (χ1) is 14.8. The normalized spacial score (nSPS) is 57.7. The number of hydrogen-bond donors (Lipinski definition) is 0. The van der Waals surface area contributed by atoms with Crippen molar-refractivity contribution in [2.24, 2.45) is 56.2 Å². The summed E-state index contributed by atoms with van der Waals surface area (Å²) in [5.74, 6) is 3.46. The summed E-state index contributed by atoms with van der Waals surface area (Å²) in [7, 11) is 0. The summed E-state index contributed by atoms with van der Waals surface area (Å²) in [6.45, 7) is 18.6. The molecular formula is C30H48O2. The second-order valence-electron chi connectivity index (χ2n) is 15.4. The molecule has 0 aromatic rings. The van der Waals surface area contributed by atoms with E-state index in [1.807, 2.05) is 0 Å². The molecule has 9 atom stereocenters. The van der Waals surface area contributed by atoms with Crippen molar-refractivity contribution in [3.8, 4) is 0 Å². The lowest BCUT2D eigenvalue weighted by molar-refractivity contribution is -0.239. The van der Waals surface area contributed by atoms with Gasteiger partial charge in [-0.05, 0) is 109 Å². The van der Waals surface area contributed by atoms with E-state index in [9.17, 15) is 4.79 Å². The van der Waals surface area contributed by atoms with Gasteiger partial charge >= 0.3 is 0 Å². The molecule has 32 heavy (non-hydrogen) atoms. The lowest BCUT2D eigenvalue weighted by Crippen LogP contribution is -2.67. The van der Waals surface area contributed by atoms with E-state index < -0.39 is 0 Å². The highest BCUT2D eigenvalue weighted by Crippen LogP contribution is 2.77. The first kappa shape index (κ1) is 22.1. The Hall–Kier alpha value is -0.370. The largest absolute Gasteiger partial charge is 0.377 e. The monoisotopic (exact) mass is 440 g/mol. The third-order valence-electron chi connectivity index (χ3n) is 13.9. The summed E-state index contributed by atoms with van der Waals surface area (Å²) in [6, 6.07) is 0. The second-order valence-corrected chi connectivity index (χ2v) is 15.4. The smallest absolute Gasteiger partial charge is 0.138 e. The summed E-state index contributed by atoms with van der Waals surface area (Å²) >= 11 is 0. The maximum atomic E-state index is 12.9. The van der Waals surface area contributed by atoms with E-state index in [4.69, 9.17) is 4.74 Å². The standard InChI is InChI=1S/C30H48O2/c1-25(2)14-16-30-17-15-28(6)19(23(30)24(25)32-18-30)8-9-21-27(5)12-11-22(31)26(3,4)20(27)10-13-29(21,28)7/h19-21,23-24H,8-18H2,1-7H3/t19-,20-,21+,23+,24+,27+,28-,29-,30-/m1/s1. The van der Waals surface area contributed by atoms with Crippen molar-refractivity contribution in [1.82, 2.24) is 0 Å². The van der Waals surface area contributed by atoms with Crippen LogP contribution >= 0.6 is 0 Å². The summed E-state index contributed by atoms with van der Waals surface area (Å²) in [5, 5.41) is 0. The average molecular weight is 441 g/mol. The quantitative estimate of drug-likeness (QED) is 0.391. The van der Waals surface area contributed by atoms with Crippen molar-refractivity contribution in [2.75, 3.05) is 6.61 Å². The van der Waals surface area contributed by atoms with Crippen LogP contribution in [0, 0.1) is 56.2 Å². The highest BCUT2D eigenvalue weighted by atomic mass is 16.5. The number of carbonyl (C=O) groups is 1. The predicted octanol–water partition coefficient (Wildman–Crippen LogP) is 7.45. The third-order valence-corrected chi connectivity index (χ3v) is 13.9. The van der Waals surface area contributed by atoms with Crippen LogP contribution in [0.2, 0.25) is 0 Å². The Labute approximate surface area is 197 Å². The minimum Gasteiger partial charge on any atom is -0.377 e. The molecule has 180 valence electrons. The maximum absolute atomic E-state index is 12.9. The Kier molecular flexibility index (Phi) is 4.31. The molecule has 2 bridgehead atoms. The highest BCUT2D eigenvalue weighted by Gasteiger charge is 2.72. The van der Waals surface area contributed by atoms with Gasteiger partial charge in [-0.25, -0.2) is 0 Å². The molecule has 0 unspecified atom stereocenters. The molecule has 6 fully saturated rings. The lowest BCUT2D eigenvalue weighted by atomic mass is 9.31. The van der Waals surface area contributed by atoms with Crippen LogP contribution in [0.15, 0.2) is 0 Å². The molecule has 1 saturated heterocycles. The zero-order valence-corrected chi connectivity index (χ0v) is 22.0. The number of carbonyl (C=O) groups excluding carboxylic acids is 1. The molecule has 5 aliphatic carbocycles. The van der Waals surface area contributed by atoms with Gasteiger partial charge < -0.3 is 4.74 Å². The molecule has 0 N–H and O–H groups in total. The van der Waals surface area contributed by atoms with Crippen molar-refractivity contribution in [1.29, 1.82) is 0 Å². The topological polar surface area (TPSA) is 26.3 Å². The second kappa shape index (κ2) is 6.24. The number of ether oxygens (including phenoxy) is 1. The molecule has 2 nitrogen and oxygen atoms in total. The van der Waals surface area contributed by atoms with Gasteiger partial charge in [0.1, 0.15) is 5.78 Å². The van der Waals surface area contributed by atoms with Crippen LogP contribution in [0.25, 0.3) is 0 Å². The van der Waals surface area contributed by atoms with Crippen LogP contribution in [0.3, 0.4) is 0 Å². The first-order valence-electron chi connectivity index (χ1n) is 14.0. The number of Topliss-reactive ketones (excluding diaryl/α,β-unsaturated/α-hetero) is 1. The van der Waals surface area contributed by atoms with Gasteiger partial charge in [0.25, 0.3) is 0 Å². The zero-order chi connectivity index (χ0) is 22.9. The minimum absolute atomic E-state index is 0.136. The van der Waals surface area contributed by atoms with Crippen molar-refractivity contribution in [2.45, 2.75) is 119 Å². The van der Waals surface area contributed by atoms with Gasteiger partial charge in [-0.2, -0.15) is 0 Å². The summed E-state index contributed by atoms with van der Waals surface area (Å²) in [4.78, 5) is 12.9. The van der Waals surface area contributed by atoms with Crippen LogP contribution < -0.4 is 0 Å². The number of rotatable bonds is 0. The van der Waals surface area contributed by atoms with Crippen molar-refractivity contribution in [3.05, 3.63) is 0 Å². The minimum atomic E-state index is -0.136. The molecule has 0 spiro atoms. The number of ketones is 1. The molecule has 0 aromatic heterocycles. The van der Waals surface area contributed by atoms with E-state index >= 15 is 0 Å². The average Bonchev–Trinajstić information content (AvgIpc) is 3.05. The zero-order valence-electron chi connectivity index (χ0n) is 22.0. The van der Waals surface area contributed by atoms with Crippen LogP contribution in [0.1, 0.15) is 113 Å². The molecule has 1 aliphatic heterocycles. The number of hydrogen-bond acceptors (Lipinski definition) is 2. The van der Waals surface area contributed by atoms with Gasteiger partial charge in [-0.15, -0.1) is 0 Å². The van der Waals surface area contributed by atoms with Gasteiger partial charge in [-0.3, -0.25) is 4.79 Å². The highest BCUT2D eigenvalue weighted by molar-refractivity contribution is 5.85. The Balaban J connectivity index is 1.40. The Morgan fingerprint density at radius 2 is 1.47 bits per heavy atom. The van der Waals surface area contributed by atoms with Crippen LogP contribution in [0.4, 0.5) is 0 Å². The third kappa shape index (κ3) is 2.35. The van der Waals surface area contributed by atoms with Crippen molar-refractivity contribution >= 4 is 5.78 Å². The fourth-order valence-corrected chi connectivity index (χ4v) is 11.8. The summed E-state index contributed by atoms with van der Waals surface area (Å²) in [6.07, 6.45) is 13.3. The van der Waals surface area contributed by atoms with E-state index in [0.717, 1.165) is 37.2 Å². The Morgan fingerprint density at radius 3 is 2.22 bits per heavy atom. The van der Waals surface area contributed by atoms with E-state index in [1.165, 1.54) is 51.4 Å². The first-order valence-corrected chi connectivity index (χ1v) is 14.0. The molecule has 1 heterocycles. The molecule has 0 aromatic carbocycles. The van der Waals surface area contributed by atoms with Gasteiger partial charge in [0, 0.05) is 11.8 Å². The fourth-order valence-electron chi connectivity index (χ4n) is 11.8. The van der Waals surface area contributed by atoms with E-state index in [1.54, 1.807) is 0 Å². The van der Waals surface area contributed by atoms with Gasteiger partial charge in [-0.1, -0.05) is 48.5 Å². The van der Waals surface area contributed by atoms with Crippen LogP contribution in [-0.2, 0) is 9.53 Å². The maximum Gasteiger partial charge on any atom is 0.138 e. The Morgan fingerprint density at radius 1 is 0.750 bits per heavy atom. The van der Waals surface area contributed by atoms with Crippen LogP contribution in [0.5, 0.6) is 0 Å². The molecular weight excluding hydrogens is 392 g/mol. The Bertz CT molecular complexity index is 842. The van der Waals surface area contributed by atoms with Gasteiger partial charge in [0.2, 0.25) is 0 Å². The van der Waals surface area contributed by atoms with Crippen LogP contribution in [-0.4, -0.2) is 18.5 Å². The molecule has 2 heteroatoms. The SMILES string of the molecule is CC1(C)CC[C@]23CC[C@]4(C)[C@H](CC[C@H]5[C@@]6(C)CCC(=O)C(C)(C)[C@H]6CC[C@]54C)[C@H]2[C@@H]1OC3. The van der Waals surface area contributed by atoms with E-state index in [0.29, 0.717) is 44.9 Å². The number of fused-ring (bicyclic) bond motifs is 5. The molecule has 0 radical (unpaired) electrons. The van der Waals surface area contributed by atoms with Gasteiger partial charge in [0.15, 0.2) is 0 Å². The van der Waals surface area contributed by atoms with E-state index in [-0.39, 0.29) is 5.41 Å². The van der Waals surface area contributed by atoms with E-state index in [2.05, 4.69) is 48.5 Å². The summed E-state index contributed by atoms with van der Waals surface area (Å²) in [5.41, 5.74) is 1.83. The lowest BCUT2D eigenvalue weighted by Gasteiger charge is -2.72. The molecule has 0 amide bonds. The summed E-state index contributed by atoms with van der Waals surface area (Å²) < 4.78 is 6.70. The molecule has 5 saturated carbocycles. The van der Waals surface area contributed by atoms with Crippen molar-refractivity contribution < 1.29 is 9.53 Å². The fraction of sp³-hybridized carbons (Fsp3) is 0.967. The molecule has 6 rings (SSSR count). The van der Waals surface area contributed by atoms with Crippen molar-refractivity contribution in [3.63, 3.8) is 0 Å².